The number of aryl methyl sites for hydroxylation is 2. The Morgan fingerprint density at radius 1 is 0.931 bits per heavy atom. The third kappa shape index (κ3) is 6.93. The van der Waals surface area contributed by atoms with Crippen LogP contribution in [0.3, 0.4) is 0 Å². The van der Waals surface area contributed by atoms with Gasteiger partial charge in [0, 0.05) is 31.2 Å². The number of nitrogens with one attached hydrogen (secondary N) is 2. The summed E-state index contributed by atoms with van der Waals surface area (Å²) < 4.78 is 0. The van der Waals surface area contributed by atoms with Crippen molar-refractivity contribution in [1.82, 2.24) is 10.2 Å². The lowest BCUT2D eigenvalue weighted by molar-refractivity contribution is -0.130. The fourth-order valence-electron chi connectivity index (χ4n) is 3.62. The molecule has 2 N–H and O–H groups in total. The molecule has 2 aromatic carbocycles. The van der Waals surface area contributed by atoms with Crippen molar-refractivity contribution in [3.63, 3.8) is 0 Å². The first-order valence-electron chi connectivity index (χ1n) is 10.6. The molecule has 0 radical (unpaired) electrons. The fraction of sp³-hybridized carbons (Fsp3) is 0.417. The number of carbonyl (C=O) groups excluding carboxylic acids is 2. The van der Waals surface area contributed by atoms with Crippen molar-refractivity contribution in [2.75, 3.05) is 18.4 Å². The number of carbonyl (C=O) groups is 2. The number of amides is 3. The number of urea groups is 1. The predicted octanol–water partition coefficient (Wildman–Crippen LogP) is 4.38. The minimum atomic E-state index is -0.192. The molecule has 29 heavy (non-hydrogen) atoms. The molecular weight excluding hydrogens is 362 g/mol. The lowest BCUT2D eigenvalue weighted by atomic mass is 10.1. The maximum atomic E-state index is 12.2. The topological polar surface area (TPSA) is 61.4 Å². The molecule has 5 nitrogen and oxygen atoms in total. The van der Waals surface area contributed by atoms with E-state index in [1.807, 2.05) is 54.3 Å². The highest BCUT2D eigenvalue weighted by Crippen LogP contribution is 2.14. The number of hydrogen-bond donors (Lipinski definition) is 2. The van der Waals surface area contributed by atoms with Gasteiger partial charge in [-0.25, -0.2) is 4.79 Å². The van der Waals surface area contributed by atoms with Gasteiger partial charge in [0.15, 0.2) is 0 Å². The maximum Gasteiger partial charge on any atom is 0.319 e. The average molecular weight is 394 g/mol. The lowest BCUT2D eigenvalue weighted by Gasteiger charge is -2.15. The van der Waals surface area contributed by atoms with E-state index < -0.39 is 0 Å². The van der Waals surface area contributed by atoms with E-state index in [0.29, 0.717) is 6.42 Å². The summed E-state index contributed by atoms with van der Waals surface area (Å²) in [6, 6.07) is 17.9. The molecule has 0 bridgehead atoms. The van der Waals surface area contributed by atoms with Gasteiger partial charge in [-0.3, -0.25) is 4.79 Å². The summed E-state index contributed by atoms with van der Waals surface area (Å²) >= 11 is 0. The molecule has 0 saturated carbocycles. The second-order valence-electron chi connectivity index (χ2n) is 7.81. The molecule has 1 unspecified atom stereocenters. The third-order valence-electron chi connectivity index (χ3n) is 5.38. The number of rotatable bonds is 8. The van der Waals surface area contributed by atoms with Crippen molar-refractivity contribution in [1.29, 1.82) is 0 Å². The van der Waals surface area contributed by atoms with E-state index >= 15 is 0 Å². The zero-order chi connectivity index (χ0) is 20.5. The van der Waals surface area contributed by atoms with Crippen LogP contribution in [0.5, 0.6) is 0 Å². The Labute approximate surface area is 173 Å². The SMILES string of the molecule is CC(CCc1ccccc1)NC(=O)Nc1ccc(CCC(=O)N2CCCC2)cc1. The van der Waals surface area contributed by atoms with Crippen molar-refractivity contribution < 1.29 is 9.59 Å². The molecule has 1 aliphatic rings. The zero-order valence-electron chi connectivity index (χ0n) is 17.2. The Morgan fingerprint density at radius 3 is 2.28 bits per heavy atom. The molecular formula is C24H31N3O2. The average Bonchev–Trinajstić information content (AvgIpc) is 3.27. The van der Waals surface area contributed by atoms with E-state index in [0.717, 1.165) is 56.4 Å². The van der Waals surface area contributed by atoms with Gasteiger partial charge in [0.1, 0.15) is 0 Å². The first-order valence-corrected chi connectivity index (χ1v) is 10.6. The molecule has 1 saturated heterocycles. The van der Waals surface area contributed by atoms with Crippen LogP contribution in [0.25, 0.3) is 0 Å². The highest BCUT2D eigenvalue weighted by molar-refractivity contribution is 5.89. The van der Waals surface area contributed by atoms with Gasteiger partial charge in [-0.05, 0) is 62.3 Å². The molecule has 5 heteroatoms. The molecule has 154 valence electrons. The van der Waals surface area contributed by atoms with Crippen molar-refractivity contribution in [3.8, 4) is 0 Å². The van der Waals surface area contributed by atoms with Gasteiger partial charge < -0.3 is 15.5 Å². The smallest absolute Gasteiger partial charge is 0.319 e. The van der Waals surface area contributed by atoms with Crippen LogP contribution in [0.2, 0.25) is 0 Å². The van der Waals surface area contributed by atoms with Crippen LogP contribution >= 0.6 is 0 Å². The van der Waals surface area contributed by atoms with Crippen molar-refractivity contribution >= 4 is 17.6 Å². The van der Waals surface area contributed by atoms with Crippen LogP contribution < -0.4 is 10.6 Å². The highest BCUT2D eigenvalue weighted by Gasteiger charge is 2.17. The van der Waals surface area contributed by atoms with Gasteiger partial charge in [0.05, 0.1) is 0 Å². The fourth-order valence-corrected chi connectivity index (χ4v) is 3.62. The minimum Gasteiger partial charge on any atom is -0.343 e. The van der Waals surface area contributed by atoms with Gasteiger partial charge in [0.25, 0.3) is 0 Å². The summed E-state index contributed by atoms with van der Waals surface area (Å²) in [4.78, 5) is 26.3. The molecule has 0 aliphatic carbocycles. The number of hydrogen-bond acceptors (Lipinski definition) is 2. The van der Waals surface area contributed by atoms with Crippen LogP contribution in [-0.2, 0) is 17.6 Å². The largest absolute Gasteiger partial charge is 0.343 e. The maximum absolute atomic E-state index is 12.2. The van der Waals surface area contributed by atoms with E-state index in [2.05, 4.69) is 22.8 Å². The predicted molar refractivity (Wildman–Crippen MR) is 117 cm³/mol. The standard InChI is InChI=1S/C24H31N3O2/c1-19(9-10-20-7-3-2-4-8-20)25-24(29)26-22-14-11-21(12-15-22)13-16-23(28)27-17-5-6-18-27/h2-4,7-8,11-12,14-15,19H,5-6,9-10,13,16-18H2,1H3,(H2,25,26,29). The Balaban J connectivity index is 1.38. The van der Waals surface area contributed by atoms with Gasteiger partial charge >= 0.3 is 6.03 Å². The van der Waals surface area contributed by atoms with Crippen molar-refractivity contribution in [2.24, 2.45) is 0 Å². The van der Waals surface area contributed by atoms with Crippen LogP contribution in [0.1, 0.15) is 43.7 Å². The van der Waals surface area contributed by atoms with E-state index in [4.69, 9.17) is 0 Å². The van der Waals surface area contributed by atoms with Gasteiger partial charge in [-0.1, -0.05) is 42.5 Å². The quantitative estimate of drug-likeness (QED) is 0.699. The van der Waals surface area contributed by atoms with Gasteiger partial charge in [0.2, 0.25) is 5.91 Å². The molecule has 0 aromatic heterocycles. The molecule has 1 aliphatic heterocycles. The Hall–Kier alpha value is -2.82. The number of anilines is 1. The Kier molecular flexibility index (Phi) is 7.68. The van der Waals surface area contributed by atoms with Crippen LogP contribution in [-0.4, -0.2) is 36.0 Å². The first kappa shape index (κ1) is 20.9. The van der Waals surface area contributed by atoms with Crippen LogP contribution in [0.15, 0.2) is 54.6 Å². The summed E-state index contributed by atoms with van der Waals surface area (Å²) in [5.41, 5.74) is 3.15. The zero-order valence-corrected chi connectivity index (χ0v) is 17.2. The molecule has 3 rings (SSSR count). The minimum absolute atomic E-state index is 0.0890. The summed E-state index contributed by atoms with van der Waals surface area (Å²) in [7, 11) is 0. The van der Waals surface area contributed by atoms with E-state index in [1.54, 1.807) is 0 Å². The summed E-state index contributed by atoms with van der Waals surface area (Å²) in [6.07, 6.45) is 5.36. The second-order valence-corrected chi connectivity index (χ2v) is 7.81. The highest BCUT2D eigenvalue weighted by atomic mass is 16.2. The monoisotopic (exact) mass is 393 g/mol. The lowest BCUT2D eigenvalue weighted by Crippen LogP contribution is -2.36. The van der Waals surface area contributed by atoms with Crippen LogP contribution in [0.4, 0.5) is 10.5 Å². The Bertz CT molecular complexity index is 784. The number of likely N-dealkylation sites (tertiary alicyclic amines) is 1. The number of benzene rings is 2. The van der Waals surface area contributed by atoms with Crippen molar-refractivity contribution in [3.05, 3.63) is 65.7 Å². The van der Waals surface area contributed by atoms with E-state index in [-0.39, 0.29) is 18.0 Å². The first-order chi connectivity index (χ1) is 14.1. The number of nitrogens with zero attached hydrogens (tertiary/aromatic N) is 1. The molecule has 3 amide bonds. The molecule has 2 aromatic rings. The normalized spacial score (nSPS) is 14.4. The van der Waals surface area contributed by atoms with Gasteiger partial charge in [-0.15, -0.1) is 0 Å². The second kappa shape index (κ2) is 10.6. The van der Waals surface area contributed by atoms with E-state index in [9.17, 15) is 9.59 Å². The molecule has 1 atom stereocenters. The molecule has 1 heterocycles. The Morgan fingerprint density at radius 2 is 1.59 bits per heavy atom. The van der Waals surface area contributed by atoms with Crippen LogP contribution in [0, 0.1) is 0 Å². The summed E-state index contributed by atoms with van der Waals surface area (Å²) in [6.45, 7) is 3.82. The van der Waals surface area contributed by atoms with Gasteiger partial charge in [-0.2, -0.15) is 0 Å². The summed E-state index contributed by atoms with van der Waals surface area (Å²) in [5, 5.41) is 5.87. The third-order valence-corrected chi connectivity index (χ3v) is 5.38. The van der Waals surface area contributed by atoms with E-state index in [1.165, 1.54) is 5.56 Å². The molecule has 0 spiro atoms. The van der Waals surface area contributed by atoms with Crippen molar-refractivity contribution in [2.45, 2.75) is 51.5 Å². The summed E-state index contributed by atoms with van der Waals surface area (Å²) in [5.74, 6) is 0.244. The molecule has 1 fully saturated rings.